The van der Waals surface area contributed by atoms with Crippen LogP contribution in [-0.2, 0) is 4.79 Å². The highest BCUT2D eigenvalue weighted by Crippen LogP contribution is 2.10. The topological polar surface area (TPSA) is 41.1 Å². The third-order valence-corrected chi connectivity index (χ3v) is 2.24. The molecule has 0 bridgehead atoms. The Morgan fingerprint density at radius 2 is 2.00 bits per heavy atom. The van der Waals surface area contributed by atoms with Gasteiger partial charge in [-0.1, -0.05) is 30.3 Å². The first-order valence-corrected chi connectivity index (χ1v) is 5.29. The summed E-state index contributed by atoms with van der Waals surface area (Å²) in [6.45, 7) is 5.01. The fraction of sp³-hybridized carbons (Fsp3) is 0.417. The van der Waals surface area contributed by atoms with Gasteiger partial charge >= 0.3 is 0 Å². The first kappa shape index (κ1) is 11.7. The Hall–Kier alpha value is -1.35. The molecule has 1 aromatic carbocycles. The second-order valence-electron chi connectivity index (χ2n) is 3.47. The Bertz CT molecular complexity index is 298. The third kappa shape index (κ3) is 4.13. The highest BCUT2D eigenvalue weighted by molar-refractivity contribution is 5.77. The van der Waals surface area contributed by atoms with Crippen molar-refractivity contribution in [2.45, 2.75) is 19.9 Å². The summed E-state index contributed by atoms with van der Waals surface area (Å²) in [6, 6.07) is 10.3. The van der Waals surface area contributed by atoms with E-state index in [0.717, 1.165) is 0 Å². The van der Waals surface area contributed by atoms with E-state index in [1.165, 1.54) is 5.56 Å². The van der Waals surface area contributed by atoms with Crippen molar-refractivity contribution < 1.29 is 4.79 Å². The first-order chi connectivity index (χ1) is 7.24. The quantitative estimate of drug-likeness (QED) is 0.766. The number of carbonyl (C=O) groups is 1. The van der Waals surface area contributed by atoms with Gasteiger partial charge in [-0.05, 0) is 19.4 Å². The van der Waals surface area contributed by atoms with Crippen molar-refractivity contribution in [3.63, 3.8) is 0 Å². The average molecular weight is 206 g/mol. The molecule has 0 fully saturated rings. The van der Waals surface area contributed by atoms with Crippen molar-refractivity contribution in [2.24, 2.45) is 0 Å². The molecule has 0 aliphatic rings. The summed E-state index contributed by atoms with van der Waals surface area (Å²) < 4.78 is 0. The lowest BCUT2D eigenvalue weighted by molar-refractivity contribution is -0.120. The molecule has 3 heteroatoms. The van der Waals surface area contributed by atoms with Crippen LogP contribution in [0.25, 0.3) is 0 Å². The van der Waals surface area contributed by atoms with Gasteiger partial charge in [0.2, 0.25) is 5.91 Å². The Morgan fingerprint density at radius 1 is 1.33 bits per heavy atom. The van der Waals surface area contributed by atoms with Crippen molar-refractivity contribution in [1.82, 2.24) is 10.6 Å². The SMILES string of the molecule is CCNC(=O)CNC(C)c1ccccc1. The largest absolute Gasteiger partial charge is 0.355 e. The number of nitrogens with one attached hydrogen (secondary N) is 2. The van der Waals surface area contributed by atoms with Crippen LogP contribution in [0.1, 0.15) is 25.5 Å². The number of benzene rings is 1. The van der Waals surface area contributed by atoms with Crippen LogP contribution in [0.15, 0.2) is 30.3 Å². The van der Waals surface area contributed by atoms with Gasteiger partial charge in [-0.3, -0.25) is 4.79 Å². The van der Waals surface area contributed by atoms with Gasteiger partial charge < -0.3 is 10.6 Å². The van der Waals surface area contributed by atoms with Gasteiger partial charge in [0.05, 0.1) is 6.54 Å². The molecule has 1 amide bonds. The van der Waals surface area contributed by atoms with E-state index >= 15 is 0 Å². The summed E-state index contributed by atoms with van der Waals surface area (Å²) in [5.74, 6) is 0.0419. The highest BCUT2D eigenvalue weighted by atomic mass is 16.1. The number of likely N-dealkylation sites (N-methyl/N-ethyl adjacent to an activating group) is 1. The summed E-state index contributed by atoms with van der Waals surface area (Å²) in [7, 11) is 0. The fourth-order valence-electron chi connectivity index (χ4n) is 1.37. The van der Waals surface area contributed by atoms with Crippen LogP contribution in [0.5, 0.6) is 0 Å². The van der Waals surface area contributed by atoms with E-state index in [9.17, 15) is 4.79 Å². The molecular weight excluding hydrogens is 188 g/mol. The molecule has 82 valence electrons. The number of rotatable bonds is 5. The van der Waals surface area contributed by atoms with Gasteiger partial charge in [0, 0.05) is 12.6 Å². The normalized spacial score (nSPS) is 12.1. The van der Waals surface area contributed by atoms with Gasteiger partial charge in [-0.15, -0.1) is 0 Å². The molecular formula is C12H18N2O. The minimum Gasteiger partial charge on any atom is -0.355 e. The molecule has 0 heterocycles. The standard InChI is InChI=1S/C12H18N2O/c1-3-13-12(15)9-14-10(2)11-7-5-4-6-8-11/h4-8,10,14H,3,9H2,1-2H3,(H,13,15). The molecule has 0 radical (unpaired) electrons. The Balaban J connectivity index is 2.37. The molecule has 1 atom stereocenters. The Labute approximate surface area is 90.9 Å². The molecule has 0 saturated carbocycles. The van der Waals surface area contributed by atoms with E-state index in [4.69, 9.17) is 0 Å². The van der Waals surface area contributed by atoms with Crippen molar-refractivity contribution >= 4 is 5.91 Å². The molecule has 3 nitrogen and oxygen atoms in total. The smallest absolute Gasteiger partial charge is 0.233 e. The third-order valence-electron chi connectivity index (χ3n) is 2.24. The molecule has 0 spiro atoms. The van der Waals surface area contributed by atoms with E-state index in [1.807, 2.05) is 25.1 Å². The molecule has 1 unspecified atom stereocenters. The predicted octanol–water partition coefficient (Wildman–Crippen LogP) is 1.47. The molecule has 2 N–H and O–H groups in total. The summed E-state index contributed by atoms with van der Waals surface area (Å²) >= 11 is 0. The van der Waals surface area contributed by atoms with E-state index in [-0.39, 0.29) is 11.9 Å². The van der Waals surface area contributed by atoms with Gasteiger partial charge in [-0.25, -0.2) is 0 Å². The lowest BCUT2D eigenvalue weighted by atomic mass is 10.1. The van der Waals surface area contributed by atoms with Crippen LogP contribution in [-0.4, -0.2) is 19.0 Å². The minimum atomic E-state index is 0.0419. The van der Waals surface area contributed by atoms with E-state index in [0.29, 0.717) is 13.1 Å². The lowest BCUT2D eigenvalue weighted by Gasteiger charge is -2.13. The van der Waals surface area contributed by atoms with Gasteiger partial charge in [0.25, 0.3) is 0 Å². The number of hydrogen-bond acceptors (Lipinski definition) is 2. The fourth-order valence-corrected chi connectivity index (χ4v) is 1.37. The summed E-state index contributed by atoms with van der Waals surface area (Å²) in [6.07, 6.45) is 0. The number of amides is 1. The lowest BCUT2D eigenvalue weighted by Crippen LogP contribution is -2.34. The minimum absolute atomic E-state index is 0.0419. The second-order valence-corrected chi connectivity index (χ2v) is 3.47. The van der Waals surface area contributed by atoms with Crippen molar-refractivity contribution in [1.29, 1.82) is 0 Å². The van der Waals surface area contributed by atoms with E-state index in [2.05, 4.69) is 29.7 Å². The zero-order valence-corrected chi connectivity index (χ0v) is 9.29. The highest BCUT2D eigenvalue weighted by Gasteiger charge is 2.05. The zero-order valence-electron chi connectivity index (χ0n) is 9.29. The van der Waals surface area contributed by atoms with Crippen molar-refractivity contribution in [3.05, 3.63) is 35.9 Å². The Kier molecular flexibility index (Phi) is 4.84. The molecule has 1 rings (SSSR count). The molecule has 1 aromatic rings. The van der Waals surface area contributed by atoms with Crippen molar-refractivity contribution in [3.8, 4) is 0 Å². The monoisotopic (exact) mass is 206 g/mol. The predicted molar refractivity (Wildman–Crippen MR) is 61.5 cm³/mol. The molecule has 0 aromatic heterocycles. The maximum atomic E-state index is 11.2. The molecule has 0 aliphatic heterocycles. The van der Waals surface area contributed by atoms with Crippen LogP contribution >= 0.6 is 0 Å². The van der Waals surface area contributed by atoms with Crippen LogP contribution in [0, 0.1) is 0 Å². The summed E-state index contributed by atoms with van der Waals surface area (Å²) in [5, 5.41) is 5.92. The van der Waals surface area contributed by atoms with Gasteiger partial charge in [0.15, 0.2) is 0 Å². The maximum Gasteiger partial charge on any atom is 0.233 e. The van der Waals surface area contributed by atoms with E-state index < -0.39 is 0 Å². The van der Waals surface area contributed by atoms with Gasteiger partial charge in [0.1, 0.15) is 0 Å². The average Bonchev–Trinajstić information content (AvgIpc) is 2.27. The second kappa shape index (κ2) is 6.19. The molecule has 0 saturated heterocycles. The van der Waals surface area contributed by atoms with Crippen LogP contribution < -0.4 is 10.6 Å². The Morgan fingerprint density at radius 3 is 2.60 bits per heavy atom. The number of hydrogen-bond donors (Lipinski definition) is 2. The molecule has 15 heavy (non-hydrogen) atoms. The summed E-state index contributed by atoms with van der Waals surface area (Å²) in [4.78, 5) is 11.2. The van der Waals surface area contributed by atoms with E-state index in [1.54, 1.807) is 0 Å². The van der Waals surface area contributed by atoms with Gasteiger partial charge in [-0.2, -0.15) is 0 Å². The first-order valence-electron chi connectivity index (χ1n) is 5.29. The van der Waals surface area contributed by atoms with Crippen LogP contribution in [0.2, 0.25) is 0 Å². The van der Waals surface area contributed by atoms with Crippen LogP contribution in [0.3, 0.4) is 0 Å². The van der Waals surface area contributed by atoms with Crippen molar-refractivity contribution in [2.75, 3.05) is 13.1 Å². The summed E-state index contributed by atoms with van der Waals surface area (Å²) in [5.41, 5.74) is 1.20. The maximum absolute atomic E-state index is 11.2. The number of carbonyl (C=O) groups excluding carboxylic acids is 1. The zero-order chi connectivity index (χ0) is 11.1. The molecule has 0 aliphatic carbocycles. The van der Waals surface area contributed by atoms with Crippen LogP contribution in [0.4, 0.5) is 0 Å².